The number of rotatable bonds is 2. The van der Waals surface area contributed by atoms with Gasteiger partial charge in [0, 0.05) is 12.5 Å². The van der Waals surface area contributed by atoms with Gasteiger partial charge in [-0.05, 0) is 18.8 Å². The number of ketones is 1. The van der Waals surface area contributed by atoms with Crippen molar-refractivity contribution in [3.8, 4) is 0 Å². The first kappa shape index (κ1) is 10.4. The third kappa shape index (κ3) is 2.28. The Bertz CT molecular complexity index is 335. The molecule has 1 aromatic rings. The van der Waals surface area contributed by atoms with Crippen LogP contribution in [0.1, 0.15) is 67.4 Å². The summed E-state index contributed by atoms with van der Waals surface area (Å²) in [6, 6.07) is 0. The number of carbonyl (C=O) groups excluding carboxylic acids is 1. The van der Waals surface area contributed by atoms with Crippen molar-refractivity contribution < 1.29 is 9.32 Å². The maximum Gasteiger partial charge on any atom is 0.181 e. The van der Waals surface area contributed by atoms with Gasteiger partial charge in [-0.3, -0.25) is 4.79 Å². The normalized spacial score (nSPS) is 18.7. The second kappa shape index (κ2) is 4.60. The predicted octanol–water partition coefficient (Wildman–Crippen LogP) is 3.32. The van der Waals surface area contributed by atoms with E-state index in [1.54, 1.807) is 13.2 Å². The third-order valence-corrected chi connectivity index (χ3v) is 3.23. The predicted molar refractivity (Wildman–Crippen MR) is 57.0 cm³/mol. The van der Waals surface area contributed by atoms with Crippen LogP contribution in [0.25, 0.3) is 0 Å². The number of carbonyl (C=O) groups is 1. The van der Waals surface area contributed by atoms with Crippen LogP contribution in [0.4, 0.5) is 0 Å². The molecule has 0 atom stereocenters. The number of nitrogens with zero attached hydrogens (tertiary/aromatic N) is 1. The zero-order valence-electron chi connectivity index (χ0n) is 9.16. The molecule has 0 unspecified atom stereocenters. The van der Waals surface area contributed by atoms with Crippen molar-refractivity contribution in [2.75, 3.05) is 0 Å². The van der Waals surface area contributed by atoms with Crippen molar-refractivity contribution in [2.24, 2.45) is 0 Å². The Hall–Kier alpha value is -1.12. The minimum atomic E-state index is 0.0167. The molecule has 1 aliphatic carbocycles. The third-order valence-electron chi connectivity index (χ3n) is 3.23. The molecule has 0 bridgehead atoms. The molecule has 1 aliphatic rings. The molecular weight excluding hydrogens is 190 g/mol. The molecule has 1 saturated carbocycles. The summed E-state index contributed by atoms with van der Waals surface area (Å²) < 4.78 is 4.93. The monoisotopic (exact) mass is 207 g/mol. The molecule has 15 heavy (non-hydrogen) atoms. The van der Waals surface area contributed by atoms with E-state index in [0.29, 0.717) is 11.6 Å². The van der Waals surface area contributed by atoms with E-state index in [2.05, 4.69) is 5.16 Å². The lowest BCUT2D eigenvalue weighted by Crippen LogP contribution is -2.03. The van der Waals surface area contributed by atoms with Gasteiger partial charge in [0.2, 0.25) is 0 Å². The van der Waals surface area contributed by atoms with E-state index >= 15 is 0 Å². The Morgan fingerprint density at radius 2 is 2.00 bits per heavy atom. The summed E-state index contributed by atoms with van der Waals surface area (Å²) in [6.07, 6.45) is 9.14. The Kier molecular flexibility index (Phi) is 3.19. The molecule has 0 spiro atoms. The highest BCUT2D eigenvalue weighted by atomic mass is 16.5. The van der Waals surface area contributed by atoms with Crippen molar-refractivity contribution in [1.82, 2.24) is 5.16 Å². The van der Waals surface area contributed by atoms with E-state index in [-0.39, 0.29) is 5.78 Å². The summed E-state index contributed by atoms with van der Waals surface area (Å²) in [5.41, 5.74) is 1.58. The summed E-state index contributed by atoms with van der Waals surface area (Å²) in [5.74, 6) is 0.501. The van der Waals surface area contributed by atoms with E-state index in [1.165, 1.54) is 38.5 Å². The van der Waals surface area contributed by atoms with Crippen LogP contribution in [0.5, 0.6) is 0 Å². The SMILES string of the molecule is CC(=O)c1nocc1C1CCCCCC1. The molecule has 1 heterocycles. The van der Waals surface area contributed by atoms with Gasteiger partial charge < -0.3 is 4.52 Å². The van der Waals surface area contributed by atoms with Gasteiger partial charge >= 0.3 is 0 Å². The van der Waals surface area contributed by atoms with Crippen LogP contribution >= 0.6 is 0 Å². The van der Waals surface area contributed by atoms with Gasteiger partial charge in [0.15, 0.2) is 11.5 Å². The molecular formula is C12H17NO2. The van der Waals surface area contributed by atoms with Gasteiger partial charge in [-0.25, -0.2) is 0 Å². The average Bonchev–Trinajstić information content (AvgIpc) is 2.55. The lowest BCUT2D eigenvalue weighted by Gasteiger charge is -2.11. The van der Waals surface area contributed by atoms with Crippen molar-refractivity contribution in [3.63, 3.8) is 0 Å². The summed E-state index contributed by atoms with van der Waals surface area (Å²) in [7, 11) is 0. The van der Waals surface area contributed by atoms with Crippen LogP contribution in [-0.2, 0) is 0 Å². The quantitative estimate of drug-likeness (QED) is 0.552. The molecule has 2 rings (SSSR count). The summed E-state index contributed by atoms with van der Waals surface area (Å²) in [5, 5.41) is 3.80. The molecule has 1 aromatic heterocycles. The fraction of sp³-hybridized carbons (Fsp3) is 0.667. The fourth-order valence-electron chi connectivity index (χ4n) is 2.39. The molecule has 3 nitrogen and oxygen atoms in total. The van der Waals surface area contributed by atoms with Crippen molar-refractivity contribution in [1.29, 1.82) is 0 Å². The van der Waals surface area contributed by atoms with Crippen molar-refractivity contribution in [2.45, 2.75) is 51.4 Å². The highest BCUT2D eigenvalue weighted by Gasteiger charge is 2.22. The van der Waals surface area contributed by atoms with Crippen molar-refractivity contribution in [3.05, 3.63) is 17.5 Å². The summed E-state index contributed by atoms with van der Waals surface area (Å²) in [4.78, 5) is 11.3. The second-order valence-electron chi connectivity index (χ2n) is 4.36. The highest BCUT2D eigenvalue weighted by molar-refractivity contribution is 5.93. The van der Waals surface area contributed by atoms with Crippen LogP contribution in [-0.4, -0.2) is 10.9 Å². The molecule has 0 radical (unpaired) electrons. The fourth-order valence-corrected chi connectivity index (χ4v) is 2.39. The number of hydrogen-bond donors (Lipinski definition) is 0. The second-order valence-corrected chi connectivity index (χ2v) is 4.36. The van der Waals surface area contributed by atoms with Gasteiger partial charge in [0.1, 0.15) is 6.26 Å². The standard InChI is InChI=1S/C12H17NO2/c1-9(14)12-11(8-15-13-12)10-6-4-2-3-5-7-10/h8,10H,2-7H2,1H3. The van der Waals surface area contributed by atoms with E-state index in [0.717, 1.165) is 5.56 Å². The molecule has 82 valence electrons. The molecule has 0 amide bonds. The van der Waals surface area contributed by atoms with Crippen LogP contribution in [0, 0.1) is 0 Å². The lowest BCUT2D eigenvalue weighted by molar-refractivity contribution is 0.100. The lowest BCUT2D eigenvalue weighted by atomic mass is 9.91. The first-order valence-corrected chi connectivity index (χ1v) is 5.74. The number of aromatic nitrogens is 1. The first-order valence-electron chi connectivity index (χ1n) is 5.74. The van der Waals surface area contributed by atoms with E-state index in [1.807, 2.05) is 0 Å². The molecule has 0 saturated heterocycles. The van der Waals surface area contributed by atoms with Gasteiger partial charge in [0.25, 0.3) is 0 Å². The largest absolute Gasteiger partial charge is 0.364 e. The van der Waals surface area contributed by atoms with E-state index in [9.17, 15) is 4.79 Å². The van der Waals surface area contributed by atoms with Gasteiger partial charge in [-0.2, -0.15) is 0 Å². The minimum absolute atomic E-state index is 0.0167. The Morgan fingerprint density at radius 3 is 2.60 bits per heavy atom. The molecule has 0 N–H and O–H groups in total. The molecule has 3 heteroatoms. The smallest absolute Gasteiger partial charge is 0.181 e. The average molecular weight is 207 g/mol. The Balaban J connectivity index is 2.19. The van der Waals surface area contributed by atoms with Gasteiger partial charge in [-0.1, -0.05) is 30.8 Å². The van der Waals surface area contributed by atoms with E-state index in [4.69, 9.17) is 4.52 Å². The Morgan fingerprint density at radius 1 is 1.33 bits per heavy atom. The highest BCUT2D eigenvalue weighted by Crippen LogP contribution is 2.33. The van der Waals surface area contributed by atoms with Gasteiger partial charge in [-0.15, -0.1) is 0 Å². The Labute approximate surface area is 89.8 Å². The maximum atomic E-state index is 11.3. The van der Waals surface area contributed by atoms with Crippen LogP contribution in [0.2, 0.25) is 0 Å². The maximum absolute atomic E-state index is 11.3. The van der Waals surface area contributed by atoms with E-state index < -0.39 is 0 Å². The van der Waals surface area contributed by atoms with Crippen molar-refractivity contribution >= 4 is 5.78 Å². The molecule has 1 fully saturated rings. The topological polar surface area (TPSA) is 43.1 Å². The molecule has 0 aliphatic heterocycles. The summed E-state index contributed by atoms with van der Waals surface area (Å²) in [6.45, 7) is 1.55. The van der Waals surface area contributed by atoms with Gasteiger partial charge in [0.05, 0.1) is 0 Å². The summed E-state index contributed by atoms with van der Waals surface area (Å²) >= 11 is 0. The van der Waals surface area contributed by atoms with Crippen LogP contribution in [0.3, 0.4) is 0 Å². The minimum Gasteiger partial charge on any atom is -0.364 e. The zero-order valence-corrected chi connectivity index (χ0v) is 9.16. The number of Topliss-reactive ketones (excluding diaryl/α,β-unsaturated/α-hetero) is 1. The number of hydrogen-bond acceptors (Lipinski definition) is 3. The van der Waals surface area contributed by atoms with Crippen LogP contribution in [0.15, 0.2) is 10.8 Å². The first-order chi connectivity index (χ1) is 7.29. The zero-order chi connectivity index (χ0) is 10.7. The van der Waals surface area contributed by atoms with Crippen LogP contribution < -0.4 is 0 Å². The molecule has 0 aromatic carbocycles.